The second kappa shape index (κ2) is 3.56. The highest BCUT2D eigenvalue weighted by Gasteiger charge is 2.22. The van der Waals surface area contributed by atoms with Gasteiger partial charge in [-0.2, -0.15) is 0 Å². The molecule has 0 saturated heterocycles. The van der Waals surface area contributed by atoms with Gasteiger partial charge in [0.25, 0.3) is 0 Å². The van der Waals surface area contributed by atoms with Crippen LogP contribution < -0.4 is 0 Å². The van der Waals surface area contributed by atoms with Crippen molar-refractivity contribution in [2.24, 2.45) is 0 Å². The summed E-state index contributed by atoms with van der Waals surface area (Å²) in [7, 11) is 0. The van der Waals surface area contributed by atoms with Gasteiger partial charge in [0, 0.05) is 0 Å². The van der Waals surface area contributed by atoms with Crippen molar-refractivity contribution >= 4 is 21.5 Å². The third-order valence-corrected chi connectivity index (χ3v) is 4.08. The molecule has 18 heavy (non-hydrogen) atoms. The molecular weight excluding hydrogens is 220 g/mol. The summed E-state index contributed by atoms with van der Waals surface area (Å²) in [6.07, 6.45) is 1.57. The molecule has 4 rings (SSSR count). The van der Waals surface area contributed by atoms with Crippen molar-refractivity contribution in [2.75, 3.05) is 0 Å². The summed E-state index contributed by atoms with van der Waals surface area (Å²) in [5, 5.41) is 15.2. The van der Waals surface area contributed by atoms with Crippen molar-refractivity contribution < 1.29 is 5.11 Å². The summed E-state index contributed by atoms with van der Waals surface area (Å²) in [6.45, 7) is 0. The molecule has 0 heterocycles. The SMILES string of the molecule is OC1CCc2ccc3c(ccc4ccccc43)c21. The van der Waals surface area contributed by atoms with E-state index in [-0.39, 0.29) is 6.10 Å². The Morgan fingerprint density at radius 3 is 2.61 bits per heavy atom. The Labute approximate surface area is 106 Å². The van der Waals surface area contributed by atoms with Crippen LogP contribution in [0.15, 0.2) is 48.5 Å². The molecular formula is C17H14O. The zero-order valence-corrected chi connectivity index (χ0v) is 10.1. The normalized spacial score (nSPS) is 18.4. The van der Waals surface area contributed by atoms with E-state index < -0.39 is 0 Å². The van der Waals surface area contributed by atoms with Gasteiger partial charge in [-0.1, -0.05) is 48.5 Å². The number of rotatable bonds is 0. The molecule has 0 spiro atoms. The van der Waals surface area contributed by atoms with E-state index >= 15 is 0 Å². The molecule has 3 aromatic carbocycles. The topological polar surface area (TPSA) is 20.2 Å². The zero-order valence-electron chi connectivity index (χ0n) is 10.1. The Morgan fingerprint density at radius 1 is 0.833 bits per heavy atom. The third-order valence-electron chi connectivity index (χ3n) is 4.08. The molecule has 1 aliphatic rings. The number of hydrogen-bond donors (Lipinski definition) is 1. The highest BCUT2D eigenvalue weighted by Crippen LogP contribution is 2.38. The van der Waals surface area contributed by atoms with Crippen molar-refractivity contribution in [1.29, 1.82) is 0 Å². The lowest BCUT2D eigenvalue weighted by Gasteiger charge is -2.11. The quantitative estimate of drug-likeness (QED) is 0.583. The first kappa shape index (κ1) is 10.1. The highest BCUT2D eigenvalue weighted by molar-refractivity contribution is 6.08. The fourth-order valence-electron chi connectivity index (χ4n) is 3.20. The molecule has 1 heteroatoms. The van der Waals surface area contributed by atoms with Crippen molar-refractivity contribution in [2.45, 2.75) is 18.9 Å². The van der Waals surface area contributed by atoms with E-state index in [1.54, 1.807) is 0 Å². The van der Waals surface area contributed by atoms with Crippen LogP contribution in [0.4, 0.5) is 0 Å². The van der Waals surface area contributed by atoms with Crippen LogP contribution >= 0.6 is 0 Å². The van der Waals surface area contributed by atoms with E-state index in [0.29, 0.717) is 0 Å². The van der Waals surface area contributed by atoms with Crippen LogP contribution in [-0.4, -0.2) is 5.11 Å². The summed E-state index contributed by atoms with van der Waals surface area (Å²) in [5.41, 5.74) is 2.46. The number of aliphatic hydroxyl groups excluding tert-OH is 1. The number of fused-ring (bicyclic) bond motifs is 5. The van der Waals surface area contributed by atoms with Gasteiger partial charge in [0.1, 0.15) is 0 Å². The Hall–Kier alpha value is -1.86. The lowest BCUT2D eigenvalue weighted by molar-refractivity contribution is 0.181. The standard InChI is InChI=1S/C17H14O/c18-16-10-7-12-6-8-14-13-4-2-1-3-11(13)5-9-15(14)17(12)16/h1-6,8-9,16,18H,7,10H2. The Morgan fingerprint density at radius 2 is 1.67 bits per heavy atom. The van der Waals surface area contributed by atoms with Gasteiger partial charge in [0.2, 0.25) is 0 Å². The van der Waals surface area contributed by atoms with E-state index in [1.165, 1.54) is 27.1 Å². The van der Waals surface area contributed by atoms with Crippen LogP contribution in [0.1, 0.15) is 23.7 Å². The average Bonchev–Trinajstić information content (AvgIpc) is 2.80. The number of hydrogen-bond acceptors (Lipinski definition) is 1. The predicted molar refractivity (Wildman–Crippen MR) is 74.7 cm³/mol. The molecule has 0 bridgehead atoms. The molecule has 0 aromatic heterocycles. The minimum Gasteiger partial charge on any atom is -0.388 e. The van der Waals surface area contributed by atoms with Crippen LogP contribution in [0.2, 0.25) is 0 Å². The van der Waals surface area contributed by atoms with Gasteiger partial charge in [-0.3, -0.25) is 0 Å². The van der Waals surface area contributed by atoms with Crippen molar-refractivity contribution in [3.8, 4) is 0 Å². The maximum Gasteiger partial charge on any atom is 0.0801 e. The van der Waals surface area contributed by atoms with Crippen molar-refractivity contribution in [3.63, 3.8) is 0 Å². The first-order valence-corrected chi connectivity index (χ1v) is 6.46. The fourth-order valence-corrected chi connectivity index (χ4v) is 3.20. The second-order valence-electron chi connectivity index (χ2n) is 5.07. The smallest absolute Gasteiger partial charge is 0.0801 e. The van der Waals surface area contributed by atoms with Crippen LogP contribution in [0, 0.1) is 0 Å². The van der Waals surface area contributed by atoms with E-state index in [4.69, 9.17) is 0 Å². The molecule has 0 aliphatic heterocycles. The molecule has 1 N–H and O–H groups in total. The molecule has 0 amide bonds. The van der Waals surface area contributed by atoms with Gasteiger partial charge in [-0.15, -0.1) is 0 Å². The molecule has 1 aliphatic carbocycles. The summed E-state index contributed by atoms with van der Waals surface area (Å²) >= 11 is 0. The van der Waals surface area contributed by atoms with Crippen LogP contribution in [-0.2, 0) is 6.42 Å². The van der Waals surface area contributed by atoms with Crippen LogP contribution in [0.3, 0.4) is 0 Å². The van der Waals surface area contributed by atoms with Gasteiger partial charge in [-0.05, 0) is 45.5 Å². The number of benzene rings is 3. The lowest BCUT2D eigenvalue weighted by atomic mass is 9.95. The largest absolute Gasteiger partial charge is 0.388 e. The molecule has 1 atom stereocenters. The number of aryl methyl sites for hydroxylation is 1. The van der Waals surface area contributed by atoms with E-state index in [0.717, 1.165) is 18.4 Å². The first-order valence-electron chi connectivity index (χ1n) is 6.46. The van der Waals surface area contributed by atoms with Crippen molar-refractivity contribution in [3.05, 3.63) is 59.7 Å². The molecule has 1 unspecified atom stereocenters. The fraction of sp³-hybridized carbons (Fsp3) is 0.176. The highest BCUT2D eigenvalue weighted by atomic mass is 16.3. The van der Waals surface area contributed by atoms with Gasteiger partial charge in [0.05, 0.1) is 6.10 Å². The second-order valence-corrected chi connectivity index (χ2v) is 5.07. The molecule has 0 fully saturated rings. The number of aliphatic hydroxyl groups is 1. The molecule has 88 valence electrons. The van der Waals surface area contributed by atoms with Crippen molar-refractivity contribution in [1.82, 2.24) is 0 Å². The van der Waals surface area contributed by atoms with E-state index in [1.807, 2.05) is 0 Å². The minimum absolute atomic E-state index is 0.287. The summed E-state index contributed by atoms with van der Waals surface area (Å²) in [5.74, 6) is 0. The summed E-state index contributed by atoms with van der Waals surface area (Å²) in [4.78, 5) is 0. The molecule has 1 nitrogen and oxygen atoms in total. The summed E-state index contributed by atoms with van der Waals surface area (Å²) in [6, 6.07) is 17.1. The first-order chi connectivity index (χ1) is 8.84. The van der Waals surface area contributed by atoms with Gasteiger partial charge in [-0.25, -0.2) is 0 Å². The molecule has 0 saturated carbocycles. The lowest BCUT2D eigenvalue weighted by Crippen LogP contribution is -1.92. The zero-order chi connectivity index (χ0) is 12.1. The van der Waals surface area contributed by atoms with Gasteiger partial charge in [0.15, 0.2) is 0 Å². The van der Waals surface area contributed by atoms with Crippen LogP contribution in [0.5, 0.6) is 0 Å². The molecule has 0 radical (unpaired) electrons. The van der Waals surface area contributed by atoms with E-state index in [9.17, 15) is 5.11 Å². The van der Waals surface area contributed by atoms with Crippen LogP contribution in [0.25, 0.3) is 21.5 Å². The minimum atomic E-state index is -0.287. The average molecular weight is 234 g/mol. The summed E-state index contributed by atoms with van der Waals surface area (Å²) < 4.78 is 0. The maximum atomic E-state index is 10.2. The molecule has 3 aromatic rings. The van der Waals surface area contributed by atoms with Gasteiger partial charge < -0.3 is 5.11 Å². The Balaban J connectivity index is 2.20. The Kier molecular flexibility index (Phi) is 2.00. The Bertz CT molecular complexity index is 758. The third kappa shape index (κ3) is 1.25. The monoisotopic (exact) mass is 234 g/mol. The van der Waals surface area contributed by atoms with Gasteiger partial charge >= 0.3 is 0 Å². The van der Waals surface area contributed by atoms with E-state index in [2.05, 4.69) is 48.5 Å². The predicted octanol–water partition coefficient (Wildman–Crippen LogP) is 3.97. The maximum absolute atomic E-state index is 10.2.